The van der Waals surface area contributed by atoms with Gasteiger partial charge < -0.3 is 10.5 Å². The van der Waals surface area contributed by atoms with Crippen molar-refractivity contribution in [3.63, 3.8) is 0 Å². The van der Waals surface area contributed by atoms with Crippen LogP contribution in [0.4, 0.5) is 5.82 Å². The minimum Gasteiger partial charge on any atom is -0.479 e. The second kappa shape index (κ2) is 4.96. The molecule has 3 aromatic rings. The van der Waals surface area contributed by atoms with E-state index in [9.17, 15) is 0 Å². The average molecular weight is 268 g/mol. The number of hydrogen-bond acceptors (Lipinski definition) is 6. The number of nitrogen functional groups attached to an aromatic ring is 1. The lowest BCUT2D eigenvalue weighted by Gasteiger charge is -2.09. The van der Waals surface area contributed by atoms with Crippen LogP contribution in [-0.4, -0.2) is 32.1 Å². The van der Waals surface area contributed by atoms with Crippen molar-refractivity contribution < 1.29 is 4.74 Å². The van der Waals surface area contributed by atoms with Crippen molar-refractivity contribution in [1.29, 1.82) is 0 Å². The Bertz CT molecular complexity index is 708. The lowest BCUT2D eigenvalue weighted by atomic mass is 10.2. The number of pyridine rings is 1. The van der Waals surface area contributed by atoms with Crippen LogP contribution >= 0.6 is 0 Å². The smallest absolute Gasteiger partial charge is 0.240 e. The fourth-order valence-electron chi connectivity index (χ4n) is 1.79. The Balaban J connectivity index is 2.05. The molecule has 0 amide bonds. The molecule has 100 valence electrons. The van der Waals surface area contributed by atoms with Gasteiger partial charge in [0.15, 0.2) is 0 Å². The van der Waals surface area contributed by atoms with Crippen LogP contribution in [0.25, 0.3) is 17.1 Å². The second-order valence-corrected chi connectivity index (χ2v) is 4.02. The maximum absolute atomic E-state index is 5.52. The molecule has 2 N–H and O–H groups in total. The van der Waals surface area contributed by atoms with Crippen LogP contribution in [0.3, 0.4) is 0 Å². The second-order valence-electron chi connectivity index (χ2n) is 4.02. The molecule has 0 aliphatic heterocycles. The Hall–Kier alpha value is -2.96. The van der Waals surface area contributed by atoms with E-state index >= 15 is 0 Å². The van der Waals surface area contributed by atoms with Gasteiger partial charge in [-0.1, -0.05) is 0 Å². The third-order valence-electron chi connectivity index (χ3n) is 2.73. The van der Waals surface area contributed by atoms with Crippen molar-refractivity contribution in [2.75, 3.05) is 12.8 Å². The van der Waals surface area contributed by atoms with Gasteiger partial charge >= 0.3 is 0 Å². The molecule has 0 fully saturated rings. The van der Waals surface area contributed by atoms with Crippen LogP contribution in [0.1, 0.15) is 0 Å². The summed E-state index contributed by atoms with van der Waals surface area (Å²) in [6.45, 7) is 0. The summed E-state index contributed by atoms with van der Waals surface area (Å²) in [6, 6.07) is 8.97. The molecule has 0 bridgehead atoms. The molecule has 0 aliphatic carbocycles. The Kier molecular flexibility index (Phi) is 3.00. The highest BCUT2D eigenvalue weighted by atomic mass is 16.5. The highest BCUT2D eigenvalue weighted by molar-refractivity contribution is 5.58. The summed E-state index contributed by atoms with van der Waals surface area (Å²) in [5, 5.41) is 12.0. The van der Waals surface area contributed by atoms with Crippen LogP contribution in [0.15, 0.2) is 42.7 Å². The molecule has 20 heavy (non-hydrogen) atoms. The highest BCUT2D eigenvalue weighted by Crippen LogP contribution is 2.24. The molecule has 3 aromatic heterocycles. The van der Waals surface area contributed by atoms with E-state index in [0.29, 0.717) is 23.1 Å². The van der Waals surface area contributed by atoms with Crippen molar-refractivity contribution >= 4 is 5.82 Å². The zero-order chi connectivity index (χ0) is 13.9. The van der Waals surface area contributed by atoms with Gasteiger partial charge in [-0.3, -0.25) is 0 Å². The SMILES string of the molecule is COc1nc(-c2ccc(N)nn2)ccc1-n1cccn1. The Morgan fingerprint density at radius 3 is 2.60 bits per heavy atom. The van der Waals surface area contributed by atoms with Gasteiger partial charge in [0.05, 0.1) is 12.8 Å². The predicted molar refractivity (Wildman–Crippen MR) is 73.3 cm³/mol. The summed E-state index contributed by atoms with van der Waals surface area (Å²) in [4.78, 5) is 4.42. The van der Waals surface area contributed by atoms with Crippen molar-refractivity contribution in [2.24, 2.45) is 0 Å². The normalized spacial score (nSPS) is 10.4. The Morgan fingerprint density at radius 2 is 1.95 bits per heavy atom. The molecule has 0 aromatic carbocycles. The number of anilines is 1. The first-order valence-electron chi connectivity index (χ1n) is 5.92. The van der Waals surface area contributed by atoms with E-state index < -0.39 is 0 Å². The summed E-state index contributed by atoms with van der Waals surface area (Å²) in [7, 11) is 1.56. The molecule has 0 radical (unpaired) electrons. The molecule has 0 unspecified atom stereocenters. The summed E-state index contributed by atoms with van der Waals surface area (Å²) in [5.41, 5.74) is 7.56. The number of methoxy groups -OCH3 is 1. The number of hydrogen-bond donors (Lipinski definition) is 1. The van der Waals surface area contributed by atoms with Gasteiger partial charge in [0.1, 0.15) is 17.2 Å². The topological polar surface area (TPSA) is 91.7 Å². The van der Waals surface area contributed by atoms with Crippen molar-refractivity contribution in [3.05, 3.63) is 42.7 Å². The van der Waals surface area contributed by atoms with Crippen molar-refractivity contribution in [2.45, 2.75) is 0 Å². The van der Waals surface area contributed by atoms with E-state index in [4.69, 9.17) is 10.5 Å². The first-order chi connectivity index (χ1) is 9.78. The molecule has 7 heteroatoms. The minimum atomic E-state index is 0.369. The zero-order valence-electron chi connectivity index (χ0n) is 10.8. The third kappa shape index (κ3) is 2.16. The summed E-state index contributed by atoms with van der Waals surface area (Å²) in [5.74, 6) is 0.832. The molecule has 0 saturated carbocycles. The number of nitrogens with zero attached hydrogens (tertiary/aromatic N) is 5. The standard InChI is InChI=1S/C13H12N6O/c1-20-13-11(19-8-2-7-15-19)5-3-9(16-13)10-4-6-12(14)18-17-10/h2-8H,1H3,(H2,14,18). The summed E-state index contributed by atoms with van der Waals surface area (Å²) < 4.78 is 6.99. The molecule has 0 saturated heterocycles. The van der Waals surface area contributed by atoms with E-state index in [2.05, 4.69) is 20.3 Å². The number of rotatable bonds is 3. The van der Waals surface area contributed by atoms with Crippen LogP contribution in [0.5, 0.6) is 5.88 Å². The minimum absolute atomic E-state index is 0.369. The van der Waals surface area contributed by atoms with E-state index in [-0.39, 0.29) is 0 Å². The van der Waals surface area contributed by atoms with Crippen LogP contribution < -0.4 is 10.5 Å². The molecule has 7 nitrogen and oxygen atoms in total. The lowest BCUT2D eigenvalue weighted by molar-refractivity contribution is 0.395. The monoisotopic (exact) mass is 268 g/mol. The van der Waals surface area contributed by atoms with E-state index in [1.807, 2.05) is 24.4 Å². The van der Waals surface area contributed by atoms with Gasteiger partial charge in [-0.25, -0.2) is 9.67 Å². The molecular formula is C13H12N6O. The molecule has 0 spiro atoms. The maximum Gasteiger partial charge on any atom is 0.240 e. The molecule has 3 heterocycles. The van der Waals surface area contributed by atoms with Gasteiger partial charge in [0.2, 0.25) is 5.88 Å². The fourth-order valence-corrected chi connectivity index (χ4v) is 1.79. The highest BCUT2D eigenvalue weighted by Gasteiger charge is 2.10. The van der Waals surface area contributed by atoms with Crippen LogP contribution in [0, 0.1) is 0 Å². The van der Waals surface area contributed by atoms with Gasteiger partial charge in [0.25, 0.3) is 0 Å². The first-order valence-corrected chi connectivity index (χ1v) is 5.92. The van der Waals surface area contributed by atoms with E-state index in [0.717, 1.165) is 5.69 Å². The largest absolute Gasteiger partial charge is 0.479 e. The summed E-state index contributed by atoms with van der Waals surface area (Å²) in [6.07, 6.45) is 3.51. The Labute approximate surface area is 115 Å². The number of ether oxygens (including phenoxy) is 1. The lowest BCUT2D eigenvalue weighted by Crippen LogP contribution is -2.02. The summed E-state index contributed by atoms with van der Waals surface area (Å²) >= 11 is 0. The molecular weight excluding hydrogens is 256 g/mol. The quantitative estimate of drug-likeness (QED) is 0.770. The van der Waals surface area contributed by atoms with E-state index in [1.165, 1.54) is 0 Å². The fraction of sp³-hybridized carbons (Fsp3) is 0.0769. The van der Waals surface area contributed by atoms with Gasteiger partial charge in [-0.15, -0.1) is 10.2 Å². The van der Waals surface area contributed by atoms with Gasteiger partial charge in [0, 0.05) is 12.4 Å². The van der Waals surface area contributed by atoms with Crippen molar-refractivity contribution in [1.82, 2.24) is 25.0 Å². The van der Waals surface area contributed by atoms with E-state index in [1.54, 1.807) is 30.1 Å². The van der Waals surface area contributed by atoms with Crippen LogP contribution in [0.2, 0.25) is 0 Å². The first kappa shape index (κ1) is 12.1. The number of nitrogens with two attached hydrogens (primary N) is 1. The van der Waals surface area contributed by atoms with Gasteiger partial charge in [-0.05, 0) is 30.3 Å². The maximum atomic E-state index is 5.52. The average Bonchev–Trinajstić information content (AvgIpc) is 3.01. The molecule has 0 aliphatic rings. The van der Waals surface area contributed by atoms with Crippen molar-refractivity contribution in [3.8, 4) is 23.0 Å². The molecule has 0 atom stereocenters. The molecule has 3 rings (SSSR count). The Morgan fingerprint density at radius 1 is 1.10 bits per heavy atom. The van der Waals surface area contributed by atoms with Crippen LogP contribution in [-0.2, 0) is 0 Å². The zero-order valence-corrected chi connectivity index (χ0v) is 10.8. The number of aromatic nitrogens is 5. The predicted octanol–water partition coefficient (Wildman–Crippen LogP) is 1.32. The third-order valence-corrected chi connectivity index (χ3v) is 2.73. The van der Waals surface area contributed by atoms with Gasteiger partial charge in [-0.2, -0.15) is 5.10 Å².